The van der Waals surface area contributed by atoms with Crippen LogP contribution in [0.3, 0.4) is 0 Å². The van der Waals surface area contributed by atoms with Crippen molar-refractivity contribution >= 4 is 0 Å². The zero-order valence-electron chi connectivity index (χ0n) is 8.16. The van der Waals surface area contributed by atoms with E-state index < -0.39 is 0 Å². The maximum absolute atomic E-state index is 12.9. The fourth-order valence-corrected chi connectivity index (χ4v) is 1.56. The second-order valence-electron chi connectivity index (χ2n) is 3.68. The predicted molar refractivity (Wildman–Crippen MR) is 52.6 cm³/mol. The molecular weight excluding hydrogens is 181 g/mol. The van der Waals surface area contributed by atoms with Gasteiger partial charge in [0.2, 0.25) is 0 Å². The zero-order chi connectivity index (χ0) is 9.97. The number of hydrogen-bond donors (Lipinski definition) is 1. The van der Waals surface area contributed by atoms with Gasteiger partial charge in [0.25, 0.3) is 0 Å². The van der Waals surface area contributed by atoms with Crippen LogP contribution in [0.1, 0.15) is 18.5 Å². The Morgan fingerprint density at radius 3 is 2.86 bits per heavy atom. The molecule has 1 aliphatic rings. The summed E-state index contributed by atoms with van der Waals surface area (Å²) in [7, 11) is 0. The monoisotopic (exact) mass is 195 g/mol. The van der Waals surface area contributed by atoms with E-state index in [0.29, 0.717) is 6.04 Å². The molecule has 0 unspecified atom stereocenters. The molecule has 14 heavy (non-hydrogen) atoms. The molecule has 0 radical (unpaired) electrons. The number of benzene rings is 1. The molecule has 1 aromatic rings. The van der Waals surface area contributed by atoms with E-state index in [-0.39, 0.29) is 11.9 Å². The summed E-state index contributed by atoms with van der Waals surface area (Å²) in [6.45, 7) is 3.56. The summed E-state index contributed by atoms with van der Waals surface area (Å²) in [5.74, 6) is -0.180. The smallest absolute Gasteiger partial charge is 0.123 e. The van der Waals surface area contributed by atoms with Gasteiger partial charge in [0.15, 0.2) is 0 Å². The lowest BCUT2D eigenvalue weighted by molar-refractivity contribution is -0.00926. The fraction of sp³-hybridized carbons (Fsp3) is 0.455. The molecule has 3 heteroatoms. The molecule has 1 fully saturated rings. The van der Waals surface area contributed by atoms with E-state index in [1.165, 1.54) is 6.07 Å². The van der Waals surface area contributed by atoms with Crippen LogP contribution < -0.4 is 5.32 Å². The third-order valence-electron chi connectivity index (χ3n) is 2.47. The van der Waals surface area contributed by atoms with Crippen molar-refractivity contribution in [2.24, 2.45) is 0 Å². The number of ether oxygens (including phenoxy) is 1. The van der Waals surface area contributed by atoms with Crippen molar-refractivity contribution in [2.45, 2.75) is 19.0 Å². The van der Waals surface area contributed by atoms with E-state index in [1.54, 1.807) is 12.1 Å². The Bertz CT molecular complexity index is 312. The average Bonchev–Trinajstić information content (AvgIpc) is 2.11. The summed E-state index contributed by atoms with van der Waals surface area (Å²) in [6, 6.07) is 7.30. The Balaban J connectivity index is 1.98. The van der Waals surface area contributed by atoms with Crippen LogP contribution in [0, 0.1) is 5.82 Å². The highest BCUT2D eigenvalue weighted by atomic mass is 19.1. The van der Waals surface area contributed by atoms with Gasteiger partial charge in [-0.25, -0.2) is 4.39 Å². The van der Waals surface area contributed by atoms with E-state index in [0.717, 1.165) is 18.8 Å². The van der Waals surface area contributed by atoms with Crippen LogP contribution in [0.2, 0.25) is 0 Å². The topological polar surface area (TPSA) is 21.3 Å². The lowest BCUT2D eigenvalue weighted by Crippen LogP contribution is -2.46. The van der Waals surface area contributed by atoms with Gasteiger partial charge in [-0.2, -0.15) is 0 Å². The molecule has 1 saturated heterocycles. The minimum Gasteiger partial charge on any atom is -0.378 e. The van der Waals surface area contributed by atoms with Gasteiger partial charge in [0.05, 0.1) is 19.3 Å². The van der Waals surface area contributed by atoms with Crippen LogP contribution >= 0.6 is 0 Å². The number of hydrogen-bond acceptors (Lipinski definition) is 2. The van der Waals surface area contributed by atoms with Crippen LogP contribution in [0.4, 0.5) is 4.39 Å². The minimum absolute atomic E-state index is 0.180. The highest BCUT2D eigenvalue weighted by Gasteiger charge is 2.20. The first-order chi connectivity index (χ1) is 6.75. The maximum atomic E-state index is 12.9. The summed E-state index contributed by atoms with van der Waals surface area (Å²) < 4.78 is 18.0. The molecule has 0 aliphatic carbocycles. The summed E-state index contributed by atoms with van der Waals surface area (Å²) >= 11 is 0. The summed E-state index contributed by atoms with van der Waals surface area (Å²) in [5, 5.41) is 3.37. The van der Waals surface area contributed by atoms with Gasteiger partial charge in [0.1, 0.15) is 5.82 Å². The van der Waals surface area contributed by atoms with Crippen LogP contribution in [0.5, 0.6) is 0 Å². The van der Waals surface area contributed by atoms with E-state index in [1.807, 2.05) is 13.0 Å². The Kier molecular flexibility index (Phi) is 2.79. The molecule has 1 N–H and O–H groups in total. The van der Waals surface area contributed by atoms with E-state index in [2.05, 4.69) is 5.32 Å². The normalized spacial score (nSPS) is 19.0. The molecule has 0 amide bonds. The third kappa shape index (κ3) is 2.11. The van der Waals surface area contributed by atoms with Crippen LogP contribution in [0.15, 0.2) is 24.3 Å². The quantitative estimate of drug-likeness (QED) is 0.795. The molecule has 0 bridgehead atoms. The van der Waals surface area contributed by atoms with Crippen molar-refractivity contribution in [3.8, 4) is 0 Å². The fourth-order valence-electron chi connectivity index (χ4n) is 1.56. The summed E-state index contributed by atoms with van der Waals surface area (Å²) in [6.07, 6.45) is 0. The molecule has 0 saturated carbocycles. The van der Waals surface area contributed by atoms with Gasteiger partial charge in [-0.05, 0) is 24.6 Å². The Morgan fingerprint density at radius 2 is 2.29 bits per heavy atom. The molecular formula is C11H14FNO. The Hall–Kier alpha value is -0.930. The van der Waals surface area contributed by atoms with Crippen molar-refractivity contribution in [3.63, 3.8) is 0 Å². The van der Waals surface area contributed by atoms with Gasteiger partial charge in [-0.15, -0.1) is 0 Å². The Labute approximate surface area is 83.1 Å². The van der Waals surface area contributed by atoms with Gasteiger partial charge in [-0.3, -0.25) is 0 Å². The molecule has 1 atom stereocenters. The van der Waals surface area contributed by atoms with Crippen molar-refractivity contribution in [3.05, 3.63) is 35.6 Å². The standard InChI is InChI=1S/C11H14FNO/c1-8(13-11-6-14-7-11)9-3-2-4-10(12)5-9/h2-5,8,11,13H,6-7H2,1H3/t8-/m0/s1. The van der Waals surface area contributed by atoms with E-state index >= 15 is 0 Å². The number of halogens is 1. The van der Waals surface area contributed by atoms with E-state index in [4.69, 9.17) is 4.74 Å². The molecule has 1 aliphatic heterocycles. The molecule has 2 nitrogen and oxygen atoms in total. The summed E-state index contributed by atoms with van der Waals surface area (Å²) in [4.78, 5) is 0. The first-order valence-electron chi connectivity index (χ1n) is 4.85. The molecule has 2 rings (SSSR count). The van der Waals surface area contributed by atoms with Crippen molar-refractivity contribution < 1.29 is 9.13 Å². The SMILES string of the molecule is C[C@H](NC1COC1)c1cccc(F)c1. The van der Waals surface area contributed by atoms with Gasteiger partial charge in [-0.1, -0.05) is 12.1 Å². The number of nitrogens with one attached hydrogen (secondary N) is 1. The molecule has 0 aromatic heterocycles. The first kappa shape index (κ1) is 9.62. The van der Waals surface area contributed by atoms with Crippen LogP contribution in [0.25, 0.3) is 0 Å². The summed E-state index contributed by atoms with van der Waals surface area (Å²) in [5.41, 5.74) is 0.983. The minimum atomic E-state index is -0.180. The average molecular weight is 195 g/mol. The van der Waals surface area contributed by atoms with Gasteiger partial charge >= 0.3 is 0 Å². The second kappa shape index (κ2) is 4.07. The molecule has 76 valence electrons. The highest BCUT2D eigenvalue weighted by Crippen LogP contribution is 2.15. The number of rotatable bonds is 3. The molecule has 1 aromatic carbocycles. The highest BCUT2D eigenvalue weighted by molar-refractivity contribution is 5.19. The lowest BCUT2D eigenvalue weighted by atomic mass is 10.1. The zero-order valence-corrected chi connectivity index (χ0v) is 8.16. The largest absolute Gasteiger partial charge is 0.378 e. The third-order valence-corrected chi connectivity index (χ3v) is 2.47. The van der Waals surface area contributed by atoms with Crippen molar-refractivity contribution in [1.29, 1.82) is 0 Å². The van der Waals surface area contributed by atoms with Crippen molar-refractivity contribution in [1.82, 2.24) is 5.32 Å². The lowest BCUT2D eigenvalue weighted by Gasteiger charge is -2.30. The van der Waals surface area contributed by atoms with E-state index in [9.17, 15) is 4.39 Å². The van der Waals surface area contributed by atoms with Gasteiger partial charge < -0.3 is 10.1 Å². The maximum Gasteiger partial charge on any atom is 0.123 e. The second-order valence-corrected chi connectivity index (χ2v) is 3.68. The molecule has 1 heterocycles. The van der Waals surface area contributed by atoms with Gasteiger partial charge in [0, 0.05) is 6.04 Å². The molecule has 0 spiro atoms. The van der Waals surface area contributed by atoms with Crippen LogP contribution in [-0.2, 0) is 4.74 Å². The first-order valence-corrected chi connectivity index (χ1v) is 4.85. The van der Waals surface area contributed by atoms with Crippen LogP contribution in [-0.4, -0.2) is 19.3 Å². The van der Waals surface area contributed by atoms with Crippen molar-refractivity contribution in [2.75, 3.05) is 13.2 Å². The Morgan fingerprint density at radius 1 is 1.50 bits per heavy atom. The predicted octanol–water partition coefficient (Wildman–Crippen LogP) is 1.88.